The fourth-order valence-corrected chi connectivity index (χ4v) is 2.92. The van der Waals surface area contributed by atoms with Crippen LogP contribution in [0.1, 0.15) is 60.3 Å². The molecular formula is C16H32N2O. The second-order valence-electron chi connectivity index (χ2n) is 6.70. The first-order chi connectivity index (χ1) is 8.95. The number of carbonyl (C=O) groups is 1. The van der Waals surface area contributed by atoms with Crippen molar-refractivity contribution in [3.8, 4) is 0 Å². The van der Waals surface area contributed by atoms with Gasteiger partial charge in [0.2, 0.25) is 5.91 Å². The van der Waals surface area contributed by atoms with Gasteiger partial charge in [-0.2, -0.15) is 0 Å². The second kappa shape index (κ2) is 7.88. The molecule has 2 unspecified atom stereocenters. The summed E-state index contributed by atoms with van der Waals surface area (Å²) in [4.78, 5) is 14.6. The first-order valence-corrected chi connectivity index (χ1v) is 7.98. The largest absolute Gasteiger partial charge is 0.337 e. The Morgan fingerprint density at radius 2 is 2.00 bits per heavy atom. The number of nitrogens with one attached hydrogen (secondary N) is 1. The van der Waals surface area contributed by atoms with Gasteiger partial charge in [0.15, 0.2) is 0 Å². The maximum atomic E-state index is 12.4. The number of unbranched alkanes of at least 4 members (excludes halogenated alkanes) is 1. The van der Waals surface area contributed by atoms with Crippen molar-refractivity contribution in [2.75, 3.05) is 13.1 Å². The molecular weight excluding hydrogens is 236 g/mol. The van der Waals surface area contributed by atoms with Crippen LogP contribution in [0, 0.1) is 11.8 Å². The van der Waals surface area contributed by atoms with Gasteiger partial charge in [-0.1, -0.05) is 41.0 Å². The van der Waals surface area contributed by atoms with Crippen molar-refractivity contribution in [2.45, 2.75) is 72.4 Å². The number of hydrogen-bond donors (Lipinski definition) is 1. The van der Waals surface area contributed by atoms with Crippen LogP contribution in [-0.2, 0) is 4.79 Å². The van der Waals surface area contributed by atoms with Crippen LogP contribution in [0.4, 0.5) is 0 Å². The SMILES string of the molecule is CCCCC(=O)N1CC(CC(C)C)NCC1C(C)C. The predicted octanol–water partition coefficient (Wildman–Crippen LogP) is 3.05. The van der Waals surface area contributed by atoms with E-state index in [-0.39, 0.29) is 0 Å². The minimum atomic E-state index is 0.357. The van der Waals surface area contributed by atoms with Crippen LogP contribution < -0.4 is 5.32 Å². The van der Waals surface area contributed by atoms with Gasteiger partial charge in [-0.05, 0) is 24.7 Å². The van der Waals surface area contributed by atoms with Crippen molar-refractivity contribution in [1.82, 2.24) is 10.2 Å². The van der Waals surface area contributed by atoms with E-state index in [0.29, 0.717) is 36.2 Å². The molecule has 0 saturated carbocycles. The summed E-state index contributed by atoms with van der Waals surface area (Å²) in [5.41, 5.74) is 0. The van der Waals surface area contributed by atoms with Gasteiger partial charge in [-0.3, -0.25) is 4.79 Å². The maximum absolute atomic E-state index is 12.4. The molecule has 1 aliphatic heterocycles. The third-order valence-corrected chi connectivity index (χ3v) is 4.02. The lowest BCUT2D eigenvalue weighted by atomic mass is 9.94. The van der Waals surface area contributed by atoms with Crippen LogP contribution in [0.15, 0.2) is 0 Å². The molecule has 1 saturated heterocycles. The van der Waals surface area contributed by atoms with Crippen molar-refractivity contribution in [1.29, 1.82) is 0 Å². The molecule has 0 aromatic carbocycles. The summed E-state index contributed by atoms with van der Waals surface area (Å²) in [6, 6.07) is 0.841. The van der Waals surface area contributed by atoms with E-state index in [2.05, 4.69) is 44.8 Å². The number of carbonyl (C=O) groups excluding carboxylic acids is 1. The summed E-state index contributed by atoms with van der Waals surface area (Å²) in [6.07, 6.45) is 3.98. The summed E-state index contributed by atoms with van der Waals surface area (Å²) < 4.78 is 0. The van der Waals surface area contributed by atoms with Gasteiger partial charge < -0.3 is 10.2 Å². The zero-order valence-electron chi connectivity index (χ0n) is 13.4. The Balaban J connectivity index is 2.64. The smallest absolute Gasteiger partial charge is 0.222 e. The zero-order chi connectivity index (χ0) is 14.4. The molecule has 2 atom stereocenters. The molecule has 3 nitrogen and oxygen atoms in total. The van der Waals surface area contributed by atoms with Gasteiger partial charge in [0, 0.05) is 31.6 Å². The van der Waals surface area contributed by atoms with Crippen LogP contribution in [0.2, 0.25) is 0 Å². The summed E-state index contributed by atoms with van der Waals surface area (Å²) in [7, 11) is 0. The van der Waals surface area contributed by atoms with E-state index in [1.165, 1.54) is 0 Å². The van der Waals surface area contributed by atoms with Crippen molar-refractivity contribution in [3.63, 3.8) is 0 Å². The third kappa shape index (κ3) is 5.13. The number of nitrogens with zero attached hydrogens (tertiary/aromatic N) is 1. The Hall–Kier alpha value is -0.570. The molecule has 0 spiro atoms. The van der Waals surface area contributed by atoms with Crippen molar-refractivity contribution < 1.29 is 4.79 Å². The standard InChI is InChI=1S/C16H32N2O/c1-6-7-8-16(19)18-11-14(9-12(2)3)17-10-15(18)13(4)5/h12-15,17H,6-11H2,1-5H3. The molecule has 1 N–H and O–H groups in total. The molecule has 0 bridgehead atoms. The summed E-state index contributed by atoms with van der Waals surface area (Å²) in [5, 5.41) is 3.63. The van der Waals surface area contributed by atoms with Crippen LogP contribution in [0.3, 0.4) is 0 Å². The highest BCUT2D eigenvalue weighted by Crippen LogP contribution is 2.19. The lowest BCUT2D eigenvalue weighted by molar-refractivity contribution is -0.136. The molecule has 19 heavy (non-hydrogen) atoms. The minimum Gasteiger partial charge on any atom is -0.337 e. The highest BCUT2D eigenvalue weighted by Gasteiger charge is 2.32. The van der Waals surface area contributed by atoms with E-state index in [1.807, 2.05) is 0 Å². The van der Waals surface area contributed by atoms with E-state index in [0.717, 1.165) is 32.4 Å². The van der Waals surface area contributed by atoms with Crippen molar-refractivity contribution >= 4 is 5.91 Å². The molecule has 3 heteroatoms. The Kier molecular flexibility index (Phi) is 6.84. The molecule has 0 aromatic heterocycles. The number of rotatable bonds is 6. The Morgan fingerprint density at radius 3 is 2.53 bits per heavy atom. The second-order valence-corrected chi connectivity index (χ2v) is 6.70. The topological polar surface area (TPSA) is 32.3 Å². The van der Waals surface area contributed by atoms with Crippen molar-refractivity contribution in [3.05, 3.63) is 0 Å². The Morgan fingerprint density at radius 1 is 1.32 bits per heavy atom. The predicted molar refractivity (Wildman–Crippen MR) is 81.1 cm³/mol. The molecule has 0 radical (unpaired) electrons. The number of amides is 1. The van der Waals surface area contributed by atoms with Gasteiger partial charge in [-0.15, -0.1) is 0 Å². The van der Waals surface area contributed by atoms with E-state index >= 15 is 0 Å². The first-order valence-electron chi connectivity index (χ1n) is 7.98. The lowest BCUT2D eigenvalue weighted by Crippen LogP contribution is -2.60. The van der Waals surface area contributed by atoms with Crippen LogP contribution in [0.5, 0.6) is 0 Å². The van der Waals surface area contributed by atoms with E-state index in [4.69, 9.17) is 0 Å². The monoisotopic (exact) mass is 268 g/mol. The average Bonchev–Trinajstić information content (AvgIpc) is 2.34. The fourth-order valence-electron chi connectivity index (χ4n) is 2.92. The molecule has 1 fully saturated rings. The minimum absolute atomic E-state index is 0.357. The molecule has 0 aliphatic carbocycles. The lowest BCUT2D eigenvalue weighted by Gasteiger charge is -2.43. The van der Waals surface area contributed by atoms with Gasteiger partial charge >= 0.3 is 0 Å². The van der Waals surface area contributed by atoms with E-state index < -0.39 is 0 Å². The van der Waals surface area contributed by atoms with Crippen LogP contribution in [0.25, 0.3) is 0 Å². The van der Waals surface area contributed by atoms with Gasteiger partial charge in [-0.25, -0.2) is 0 Å². The Labute approximate surface area is 119 Å². The molecule has 0 aromatic rings. The summed E-state index contributed by atoms with van der Waals surface area (Å²) >= 11 is 0. The molecule has 1 heterocycles. The fraction of sp³-hybridized carbons (Fsp3) is 0.938. The number of piperazine rings is 1. The highest BCUT2D eigenvalue weighted by molar-refractivity contribution is 5.76. The summed E-state index contributed by atoms with van der Waals surface area (Å²) in [6.45, 7) is 12.9. The van der Waals surface area contributed by atoms with Gasteiger partial charge in [0.1, 0.15) is 0 Å². The van der Waals surface area contributed by atoms with Crippen LogP contribution in [-0.4, -0.2) is 36.0 Å². The van der Waals surface area contributed by atoms with Crippen LogP contribution >= 0.6 is 0 Å². The average molecular weight is 268 g/mol. The normalized spacial score (nSPS) is 24.3. The van der Waals surface area contributed by atoms with Gasteiger partial charge in [0.05, 0.1) is 0 Å². The maximum Gasteiger partial charge on any atom is 0.222 e. The molecule has 1 aliphatic rings. The molecule has 1 amide bonds. The highest BCUT2D eigenvalue weighted by atomic mass is 16.2. The quantitative estimate of drug-likeness (QED) is 0.803. The van der Waals surface area contributed by atoms with Gasteiger partial charge in [0.25, 0.3) is 0 Å². The molecule has 1 rings (SSSR count). The first kappa shape index (κ1) is 16.5. The Bertz CT molecular complexity index is 276. The van der Waals surface area contributed by atoms with Crippen molar-refractivity contribution in [2.24, 2.45) is 11.8 Å². The molecule has 112 valence electrons. The zero-order valence-corrected chi connectivity index (χ0v) is 13.4. The summed E-state index contributed by atoms with van der Waals surface area (Å²) in [5.74, 6) is 1.56. The third-order valence-electron chi connectivity index (χ3n) is 4.02. The van der Waals surface area contributed by atoms with E-state index in [9.17, 15) is 4.79 Å². The van der Waals surface area contributed by atoms with E-state index in [1.54, 1.807) is 0 Å². The number of hydrogen-bond acceptors (Lipinski definition) is 2.